The summed E-state index contributed by atoms with van der Waals surface area (Å²) in [5.74, 6) is 1.26. The van der Waals surface area contributed by atoms with E-state index in [-0.39, 0.29) is 18.3 Å². The van der Waals surface area contributed by atoms with Gasteiger partial charge in [0, 0.05) is 12.1 Å². The van der Waals surface area contributed by atoms with Gasteiger partial charge in [0.2, 0.25) is 0 Å². The molecule has 0 atom stereocenters. The van der Waals surface area contributed by atoms with Crippen LogP contribution in [0.15, 0.2) is 18.3 Å². The van der Waals surface area contributed by atoms with E-state index in [2.05, 4.69) is 51.7 Å². The molecule has 0 unspecified atom stereocenters. The Bertz CT molecular complexity index is 663. The summed E-state index contributed by atoms with van der Waals surface area (Å²) in [5.41, 5.74) is 1.17. The average Bonchev–Trinajstić information content (AvgIpc) is 2.87. The Morgan fingerprint density at radius 3 is 2.24 bits per heavy atom. The molecule has 0 radical (unpaired) electrons. The van der Waals surface area contributed by atoms with Crippen LogP contribution in [0.2, 0.25) is 0 Å². The summed E-state index contributed by atoms with van der Waals surface area (Å²) in [7, 11) is -0.359. The third-order valence-electron chi connectivity index (χ3n) is 4.49. The van der Waals surface area contributed by atoms with Crippen molar-refractivity contribution in [3.63, 3.8) is 0 Å². The van der Waals surface area contributed by atoms with Crippen molar-refractivity contribution in [3.8, 4) is 0 Å². The first-order chi connectivity index (χ1) is 9.71. The SMILES string of the molecule is CC(C)c1nnc2ccc(B3OC(C)(C)C(C)(C)O3)cn12. The quantitative estimate of drug-likeness (QED) is 0.794. The Morgan fingerprint density at radius 2 is 1.67 bits per heavy atom. The molecule has 0 spiro atoms. The predicted octanol–water partition coefficient (Wildman–Crippen LogP) is 2.15. The summed E-state index contributed by atoms with van der Waals surface area (Å²) < 4.78 is 14.2. The summed E-state index contributed by atoms with van der Waals surface area (Å²) in [6, 6.07) is 3.95. The zero-order chi connectivity index (χ0) is 15.4. The maximum atomic E-state index is 6.10. The van der Waals surface area contributed by atoms with Crippen molar-refractivity contribution in [2.75, 3.05) is 0 Å². The van der Waals surface area contributed by atoms with E-state index in [1.54, 1.807) is 0 Å². The number of hydrogen-bond donors (Lipinski definition) is 0. The number of aromatic nitrogens is 3. The number of nitrogens with zero attached hydrogens (tertiary/aromatic N) is 3. The third-order valence-corrected chi connectivity index (χ3v) is 4.49. The molecule has 0 bridgehead atoms. The average molecular weight is 287 g/mol. The van der Waals surface area contributed by atoms with E-state index in [4.69, 9.17) is 9.31 Å². The van der Waals surface area contributed by atoms with Gasteiger partial charge < -0.3 is 9.31 Å². The van der Waals surface area contributed by atoms with E-state index in [0.717, 1.165) is 16.9 Å². The second-order valence-corrected chi connectivity index (χ2v) is 6.99. The Labute approximate surface area is 125 Å². The fourth-order valence-electron chi connectivity index (χ4n) is 2.44. The van der Waals surface area contributed by atoms with Crippen LogP contribution in [0.25, 0.3) is 5.65 Å². The van der Waals surface area contributed by atoms with Gasteiger partial charge in [-0.15, -0.1) is 10.2 Å². The van der Waals surface area contributed by atoms with Gasteiger partial charge in [0.1, 0.15) is 5.82 Å². The maximum absolute atomic E-state index is 6.10. The highest BCUT2D eigenvalue weighted by Crippen LogP contribution is 2.36. The van der Waals surface area contributed by atoms with Crippen LogP contribution in [0.5, 0.6) is 0 Å². The minimum atomic E-state index is -0.359. The van der Waals surface area contributed by atoms with E-state index in [0.29, 0.717) is 5.92 Å². The van der Waals surface area contributed by atoms with Crippen molar-refractivity contribution in [1.82, 2.24) is 14.6 Å². The largest absolute Gasteiger partial charge is 0.496 e. The summed E-state index contributed by atoms with van der Waals surface area (Å²) in [6.45, 7) is 12.5. The lowest BCUT2D eigenvalue weighted by Gasteiger charge is -2.32. The topological polar surface area (TPSA) is 48.7 Å². The van der Waals surface area contributed by atoms with Crippen LogP contribution in [0.4, 0.5) is 0 Å². The molecule has 112 valence electrons. The molecule has 2 aromatic rings. The lowest BCUT2D eigenvalue weighted by Crippen LogP contribution is -2.41. The van der Waals surface area contributed by atoms with Gasteiger partial charge >= 0.3 is 7.12 Å². The Kier molecular flexibility index (Phi) is 3.15. The van der Waals surface area contributed by atoms with Gasteiger partial charge in [0.25, 0.3) is 0 Å². The lowest BCUT2D eigenvalue weighted by atomic mass is 9.80. The fraction of sp³-hybridized carbons (Fsp3) is 0.600. The number of rotatable bonds is 2. The Hall–Kier alpha value is -1.40. The van der Waals surface area contributed by atoms with E-state index in [1.807, 2.05) is 22.7 Å². The van der Waals surface area contributed by atoms with Crippen LogP contribution in [0, 0.1) is 0 Å². The minimum absolute atomic E-state index is 0.313. The second-order valence-electron chi connectivity index (χ2n) is 6.99. The molecular formula is C15H22BN3O2. The molecule has 1 aliphatic rings. The molecule has 21 heavy (non-hydrogen) atoms. The van der Waals surface area contributed by atoms with Crippen LogP contribution < -0.4 is 5.46 Å². The second kappa shape index (κ2) is 4.55. The van der Waals surface area contributed by atoms with E-state index >= 15 is 0 Å². The standard InChI is InChI=1S/C15H22BN3O2/c1-10(2)13-18-17-12-8-7-11(9-19(12)13)16-20-14(3,4)15(5,6)21-16/h7-10H,1-6H3. The van der Waals surface area contributed by atoms with Gasteiger partial charge in [-0.05, 0) is 39.2 Å². The first kappa shape index (κ1) is 14.5. The highest BCUT2D eigenvalue weighted by atomic mass is 16.7. The molecule has 5 nitrogen and oxygen atoms in total. The predicted molar refractivity (Wildman–Crippen MR) is 82.8 cm³/mol. The fourth-order valence-corrected chi connectivity index (χ4v) is 2.44. The van der Waals surface area contributed by atoms with Gasteiger partial charge in [-0.1, -0.05) is 19.9 Å². The van der Waals surface area contributed by atoms with Gasteiger partial charge in [-0.2, -0.15) is 0 Å². The van der Waals surface area contributed by atoms with Crippen molar-refractivity contribution in [2.45, 2.75) is 58.7 Å². The molecule has 0 amide bonds. The van der Waals surface area contributed by atoms with Crippen molar-refractivity contribution in [3.05, 3.63) is 24.2 Å². The Balaban J connectivity index is 2.01. The lowest BCUT2D eigenvalue weighted by molar-refractivity contribution is 0.00578. The zero-order valence-electron chi connectivity index (χ0n) is 13.5. The first-order valence-electron chi connectivity index (χ1n) is 7.41. The molecule has 6 heteroatoms. The highest BCUT2D eigenvalue weighted by Gasteiger charge is 2.51. The summed E-state index contributed by atoms with van der Waals surface area (Å²) in [4.78, 5) is 0. The van der Waals surface area contributed by atoms with Crippen molar-refractivity contribution < 1.29 is 9.31 Å². The molecule has 0 aliphatic carbocycles. The maximum Gasteiger partial charge on any atom is 0.496 e. The van der Waals surface area contributed by atoms with Crippen LogP contribution in [0.3, 0.4) is 0 Å². The molecular weight excluding hydrogens is 265 g/mol. The molecule has 2 aromatic heterocycles. The molecule has 1 aliphatic heterocycles. The number of hydrogen-bond acceptors (Lipinski definition) is 4. The highest BCUT2D eigenvalue weighted by molar-refractivity contribution is 6.62. The van der Waals surface area contributed by atoms with Crippen molar-refractivity contribution in [1.29, 1.82) is 0 Å². The first-order valence-corrected chi connectivity index (χ1v) is 7.41. The van der Waals surface area contributed by atoms with E-state index in [9.17, 15) is 0 Å². The van der Waals surface area contributed by atoms with Crippen molar-refractivity contribution in [2.24, 2.45) is 0 Å². The van der Waals surface area contributed by atoms with Crippen LogP contribution in [0.1, 0.15) is 53.3 Å². The molecule has 0 aromatic carbocycles. The van der Waals surface area contributed by atoms with Crippen LogP contribution in [-0.2, 0) is 9.31 Å². The zero-order valence-corrected chi connectivity index (χ0v) is 13.5. The van der Waals surface area contributed by atoms with Crippen molar-refractivity contribution >= 4 is 18.2 Å². The summed E-state index contributed by atoms with van der Waals surface area (Å²) >= 11 is 0. The molecule has 3 rings (SSSR count). The normalized spacial score (nSPS) is 20.6. The molecule has 0 saturated carbocycles. The van der Waals surface area contributed by atoms with E-state index < -0.39 is 0 Å². The van der Waals surface area contributed by atoms with Crippen LogP contribution in [-0.4, -0.2) is 32.9 Å². The molecule has 1 fully saturated rings. The van der Waals surface area contributed by atoms with Gasteiger partial charge in [-0.3, -0.25) is 4.40 Å². The molecule has 1 saturated heterocycles. The number of pyridine rings is 1. The minimum Gasteiger partial charge on any atom is -0.399 e. The van der Waals surface area contributed by atoms with E-state index in [1.165, 1.54) is 0 Å². The molecule has 3 heterocycles. The number of fused-ring (bicyclic) bond motifs is 1. The van der Waals surface area contributed by atoms with Gasteiger partial charge in [0.15, 0.2) is 5.65 Å². The van der Waals surface area contributed by atoms with Gasteiger partial charge in [0.05, 0.1) is 11.2 Å². The summed E-state index contributed by atoms with van der Waals surface area (Å²) in [6.07, 6.45) is 2.02. The Morgan fingerprint density at radius 1 is 1.05 bits per heavy atom. The van der Waals surface area contributed by atoms with Gasteiger partial charge in [-0.25, -0.2) is 0 Å². The summed E-state index contributed by atoms with van der Waals surface area (Å²) in [5, 5.41) is 8.45. The monoisotopic (exact) mass is 287 g/mol. The third kappa shape index (κ3) is 2.26. The smallest absolute Gasteiger partial charge is 0.399 e. The molecule has 0 N–H and O–H groups in total. The van der Waals surface area contributed by atoms with Crippen LogP contribution >= 0.6 is 0 Å².